The molecule has 0 radical (unpaired) electrons. The van der Waals surface area contributed by atoms with E-state index in [0.29, 0.717) is 0 Å². The summed E-state index contributed by atoms with van der Waals surface area (Å²) in [5.74, 6) is 0. The summed E-state index contributed by atoms with van der Waals surface area (Å²) in [6, 6.07) is 6.41. The van der Waals surface area contributed by atoms with Crippen LogP contribution < -0.4 is 0 Å². The molecule has 78 valence electrons. The van der Waals surface area contributed by atoms with Gasteiger partial charge in [0, 0.05) is 12.4 Å². The highest BCUT2D eigenvalue weighted by atomic mass is 15.3. The zero-order chi connectivity index (χ0) is 10.8. The van der Waals surface area contributed by atoms with Crippen LogP contribution in [0.2, 0.25) is 0 Å². The Hall–Kier alpha value is -1.57. The molecular formula is C13H16N2. The Kier molecular flexibility index (Phi) is 2.58. The molecule has 1 aromatic heterocycles. The molecular weight excluding hydrogens is 184 g/mol. The Morgan fingerprint density at radius 3 is 2.33 bits per heavy atom. The maximum atomic E-state index is 4.23. The zero-order valence-corrected chi connectivity index (χ0v) is 9.49. The number of aryl methyl sites for hydroxylation is 3. The van der Waals surface area contributed by atoms with Crippen LogP contribution in [0.25, 0.3) is 0 Å². The van der Waals surface area contributed by atoms with Crippen molar-refractivity contribution in [2.75, 3.05) is 0 Å². The van der Waals surface area contributed by atoms with Gasteiger partial charge >= 0.3 is 0 Å². The van der Waals surface area contributed by atoms with Crippen LogP contribution in [-0.2, 0) is 6.54 Å². The van der Waals surface area contributed by atoms with Gasteiger partial charge in [0.1, 0.15) is 0 Å². The normalized spacial score (nSPS) is 10.6. The molecule has 0 unspecified atom stereocenters. The Balaban J connectivity index is 2.36. The van der Waals surface area contributed by atoms with E-state index in [1.54, 1.807) is 0 Å². The predicted molar refractivity (Wildman–Crippen MR) is 62.0 cm³/mol. The van der Waals surface area contributed by atoms with Gasteiger partial charge in [0.05, 0.1) is 6.54 Å². The van der Waals surface area contributed by atoms with Gasteiger partial charge in [0.25, 0.3) is 0 Å². The summed E-state index contributed by atoms with van der Waals surface area (Å²) in [5.41, 5.74) is 5.41. The monoisotopic (exact) mass is 200 g/mol. The summed E-state index contributed by atoms with van der Waals surface area (Å²) in [4.78, 5) is 0. The van der Waals surface area contributed by atoms with Crippen molar-refractivity contribution >= 4 is 0 Å². The average molecular weight is 200 g/mol. The lowest BCUT2D eigenvalue weighted by Crippen LogP contribution is -2.04. The van der Waals surface area contributed by atoms with Gasteiger partial charge in [0.15, 0.2) is 0 Å². The number of benzene rings is 1. The first-order valence-corrected chi connectivity index (χ1v) is 5.21. The molecule has 0 atom stereocenters. The molecule has 0 aliphatic heterocycles. The molecule has 2 nitrogen and oxygen atoms in total. The van der Waals surface area contributed by atoms with Crippen molar-refractivity contribution < 1.29 is 0 Å². The second kappa shape index (κ2) is 3.89. The Labute approximate surface area is 90.6 Å². The first-order valence-electron chi connectivity index (χ1n) is 5.21. The number of hydrogen-bond acceptors (Lipinski definition) is 1. The zero-order valence-electron chi connectivity index (χ0n) is 9.49. The third-order valence-electron chi connectivity index (χ3n) is 2.72. The van der Waals surface area contributed by atoms with Crippen LogP contribution in [0.5, 0.6) is 0 Å². The summed E-state index contributed by atoms with van der Waals surface area (Å²) >= 11 is 0. The maximum Gasteiger partial charge on any atom is 0.0664 e. The van der Waals surface area contributed by atoms with Gasteiger partial charge in [-0.15, -0.1) is 0 Å². The van der Waals surface area contributed by atoms with E-state index in [4.69, 9.17) is 0 Å². The molecule has 0 N–H and O–H groups in total. The van der Waals surface area contributed by atoms with E-state index >= 15 is 0 Å². The van der Waals surface area contributed by atoms with Gasteiger partial charge in [0.2, 0.25) is 0 Å². The van der Waals surface area contributed by atoms with E-state index < -0.39 is 0 Å². The summed E-state index contributed by atoms with van der Waals surface area (Å²) in [5, 5.41) is 4.23. The summed E-state index contributed by atoms with van der Waals surface area (Å²) in [6.45, 7) is 7.33. The third-order valence-corrected chi connectivity index (χ3v) is 2.72. The second-order valence-corrected chi connectivity index (χ2v) is 4.08. The fourth-order valence-corrected chi connectivity index (χ4v) is 2.02. The summed E-state index contributed by atoms with van der Waals surface area (Å²) in [6.07, 6.45) is 3.82. The molecule has 0 bridgehead atoms. The van der Waals surface area contributed by atoms with Crippen LogP contribution in [0.3, 0.4) is 0 Å². The van der Waals surface area contributed by atoms with Gasteiger partial charge in [-0.2, -0.15) is 5.10 Å². The van der Waals surface area contributed by atoms with Gasteiger partial charge in [-0.05, 0) is 43.5 Å². The molecule has 0 spiro atoms. The van der Waals surface area contributed by atoms with Crippen molar-refractivity contribution in [3.05, 3.63) is 52.8 Å². The number of aromatic nitrogens is 2. The summed E-state index contributed by atoms with van der Waals surface area (Å²) < 4.78 is 1.96. The van der Waals surface area contributed by atoms with Crippen molar-refractivity contribution in [2.24, 2.45) is 0 Å². The lowest BCUT2D eigenvalue weighted by Gasteiger charge is -2.11. The highest BCUT2D eigenvalue weighted by molar-refractivity contribution is 5.37. The Morgan fingerprint density at radius 2 is 1.80 bits per heavy atom. The minimum atomic E-state index is 0.866. The molecule has 2 rings (SSSR count). The standard InChI is InChI=1S/C13H16N2/c1-10-7-11(2)13(12(3)8-10)9-15-6-4-5-14-15/h4-8H,9H2,1-3H3. The van der Waals surface area contributed by atoms with Crippen LogP contribution in [0.4, 0.5) is 0 Å². The molecule has 0 saturated carbocycles. The minimum Gasteiger partial charge on any atom is -0.268 e. The largest absolute Gasteiger partial charge is 0.268 e. The topological polar surface area (TPSA) is 17.8 Å². The minimum absolute atomic E-state index is 0.866. The molecule has 0 aliphatic carbocycles. The second-order valence-electron chi connectivity index (χ2n) is 4.08. The average Bonchev–Trinajstić information content (AvgIpc) is 2.63. The van der Waals surface area contributed by atoms with Crippen molar-refractivity contribution in [3.63, 3.8) is 0 Å². The highest BCUT2D eigenvalue weighted by Crippen LogP contribution is 2.17. The third kappa shape index (κ3) is 2.09. The lowest BCUT2D eigenvalue weighted by molar-refractivity contribution is 0.681. The van der Waals surface area contributed by atoms with Gasteiger partial charge in [-0.25, -0.2) is 0 Å². The van der Waals surface area contributed by atoms with E-state index in [1.165, 1.54) is 22.3 Å². The van der Waals surface area contributed by atoms with Crippen LogP contribution in [-0.4, -0.2) is 9.78 Å². The molecule has 2 heteroatoms. The van der Waals surface area contributed by atoms with Gasteiger partial charge < -0.3 is 0 Å². The fourth-order valence-electron chi connectivity index (χ4n) is 2.02. The molecule has 0 saturated heterocycles. The lowest BCUT2D eigenvalue weighted by atomic mass is 10.00. The quantitative estimate of drug-likeness (QED) is 0.729. The van der Waals surface area contributed by atoms with Gasteiger partial charge in [-0.1, -0.05) is 17.7 Å². The number of nitrogens with zero attached hydrogens (tertiary/aromatic N) is 2. The number of hydrogen-bond donors (Lipinski definition) is 0. The van der Waals surface area contributed by atoms with E-state index in [2.05, 4.69) is 38.0 Å². The van der Waals surface area contributed by atoms with E-state index in [-0.39, 0.29) is 0 Å². The SMILES string of the molecule is Cc1cc(C)c(Cn2cccn2)c(C)c1. The summed E-state index contributed by atoms with van der Waals surface area (Å²) in [7, 11) is 0. The highest BCUT2D eigenvalue weighted by Gasteiger charge is 2.04. The molecule has 1 aromatic carbocycles. The van der Waals surface area contributed by atoms with Crippen LogP contribution in [0, 0.1) is 20.8 Å². The van der Waals surface area contributed by atoms with Gasteiger partial charge in [-0.3, -0.25) is 4.68 Å². The van der Waals surface area contributed by atoms with Crippen molar-refractivity contribution in [2.45, 2.75) is 27.3 Å². The molecule has 0 aliphatic rings. The first-order chi connectivity index (χ1) is 7.16. The number of rotatable bonds is 2. The van der Waals surface area contributed by atoms with Crippen LogP contribution >= 0.6 is 0 Å². The molecule has 0 fully saturated rings. The fraction of sp³-hybridized carbons (Fsp3) is 0.308. The maximum absolute atomic E-state index is 4.23. The molecule has 1 heterocycles. The Morgan fingerprint density at radius 1 is 1.13 bits per heavy atom. The molecule has 0 amide bonds. The van der Waals surface area contributed by atoms with E-state index in [0.717, 1.165) is 6.54 Å². The van der Waals surface area contributed by atoms with E-state index in [1.807, 2.05) is 23.1 Å². The predicted octanol–water partition coefficient (Wildman–Crippen LogP) is 2.86. The molecule has 2 aromatic rings. The van der Waals surface area contributed by atoms with Crippen LogP contribution in [0.1, 0.15) is 22.3 Å². The first kappa shape index (κ1) is 9.97. The van der Waals surface area contributed by atoms with E-state index in [9.17, 15) is 0 Å². The molecule has 15 heavy (non-hydrogen) atoms. The smallest absolute Gasteiger partial charge is 0.0664 e. The van der Waals surface area contributed by atoms with Crippen molar-refractivity contribution in [3.8, 4) is 0 Å². The van der Waals surface area contributed by atoms with Crippen molar-refractivity contribution in [1.29, 1.82) is 0 Å². The Bertz CT molecular complexity index is 432. The van der Waals surface area contributed by atoms with Crippen LogP contribution in [0.15, 0.2) is 30.6 Å². The van der Waals surface area contributed by atoms with Crippen molar-refractivity contribution in [1.82, 2.24) is 9.78 Å².